The molecule has 3 rings (SSSR count). The highest BCUT2D eigenvalue weighted by molar-refractivity contribution is 8.13. The van der Waals surface area contributed by atoms with E-state index in [2.05, 4.69) is 34.4 Å². The van der Waals surface area contributed by atoms with E-state index in [1.54, 1.807) is 0 Å². The molecule has 11 N–H and O–H groups in total. The fourth-order valence-electron chi connectivity index (χ4n) is 4.58. The number of ether oxygens (including phenoxy) is 1. The number of aliphatic carboxylic acids is 1. The molecule has 26 nitrogen and oxygen atoms in total. The summed E-state index contributed by atoms with van der Waals surface area (Å²) in [6.45, 7) is 0.213. The van der Waals surface area contributed by atoms with Crippen LogP contribution in [0.15, 0.2) is 12.7 Å². The molecule has 2 aromatic heterocycles. The quantitative estimate of drug-likeness (QED) is 0.0509. The largest absolute Gasteiger partial charge is 0.481 e. The molecular weight excluding hydrogens is 839 g/mol. The zero-order valence-corrected chi connectivity index (χ0v) is 32.3. The van der Waals surface area contributed by atoms with Gasteiger partial charge in [0.05, 0.1) is 26.0 Å². The predicted molar refractivity (Wildman–Crippen MR) is 191 cm³/mol. The van der Waals surface area contributed by atoms with Gasteiger partial charge in [-0.05, 0) is 0 Å². The van der Waals surface area contributed by atoms with Crippen LogP contribution in [0.1, 0.15) is 46.8 Å². The standard InChI is InChI=1S/C25H40N7O19P3S.CH4/c1-25(2,20(38)23(39)28-6-5-14(33)27-7-8-55-16(36)4-3-15(34)35)10-48-54(45,46)51-53(43,44)47-9-13-19(50-52(40,41)42)18(37)24(49-13)32-12-31-17-21(26)29-11-30-22(17)32;/h11-13,18-20,24,37-38H,3-10H2,1-2H3,(H,27,33)(H,28,39)(H,34,35)(H,43,44)(H,45,46)(H2,26,29,30)(H2,40,41,42);1H4/t13-,18-,19-,20+,24-;/m1./s1. The summed E-state index contributed by atoms with van der Waals surface area (Å²) in [5.74, 6) is -2.51. The number of carboxylic acids is 1. The molecule has 0 radical (unpaired) electrons. The van der Waals surface area contributed by atoms with E-state index in [9.17, 15) is 62.7 Å². The molecule has 1 aliphatic heterocycles. The molecule has 56 heavy (non-hydrogen) atoms. The Hall–Kier alpha value is -2.97. The number of aliphatic hydroxyl groups is 2. The van der Waals surface area contributed by atoms with Gasteiger partial charge in [0, 0.05) is 37.1 Å². The van der Waals surface area contributed by atoms with Gasteiger partial charge in [-0.2, -0.15) is 4.31 Å². The number of rotatable bonds is 22. The predicted octanol–water partition coefficient (Wildman–Crippen LogP) is -0.834. The average Bonchev–Trinajstić information content (AvgIpc) is 3.63. The van der Waals surface area contributed by atoms with Crippen LogP contribution in [0.2, 0.25) is 0 Å². The molecule has 3 heterocycles. The number of aromatic nitrogens is 4. The van der Waals surface area contributed by atoms with Crippen molar-refractivity contribution in [3.63, 3.8) is 0 Å². The summed E-state index contributed by atoms with van der Waals surface area (Å²) in [5, 5.41) is 34.4. The van der Waals surface area contributed by atoms with Crippen molar-refractivity contribution in [1.29, 1.82) is 0 Å². The van der Waals surface area contributed by atoms with E-state index in [1.165, 1.54) is 13.8 Å². The number of amides is 2. The Kier molecular flexibility index (Phi) is 18.1. The van der Waals surface area contributed by atoms with Crippen molar-refractivity contribution in [2.45, 2.75) is 71.2 Å². The van der Waals surface area contributed by atoms with E-state index in [0.717, 1.165) is 29.0 Å². The van der Waals surface area contributed by atoms with Gasteiger partial charge in [0.2, 0.25) is 11.8 Å². The number of anilines is 1. The lowest BCUT2D eigenvalue weighted by Gasteiger charge is -2.30. The van der Waals surface area contributed by atoms with E-state index < -0.39 is 90.5 Å². The van der Waals surface area contributed by atoms with Crippen LogP contribution in [0.3, 0.4) is 0 Å². The molecule has 2 unspecified atom stereocenters. The van der Waals surface area contributed by atoms with Crippen LogP contribution in [0.4, 0.5) is 5.82 Å². The first kappa shape index (κ1) is 49.2. The number of aliphatic hydroxyl groups excluding tert-OH is 2. The highest BCUT2D eigenvalue weighted by atomic mass is 32.2. The number of carboxylic acid groups (broad SMARTS) is 1. The highest BCUT2D eigenvalue weighted by Gasteiger charge is 2.50. The molecule has 0 aromatic carbocycles. The second-order valence-electron chi connectivity index (χ2n) is 12.2. The zero-order chi connectivity index (χ0) is 41.4. The number of nitrogen functional groups attached to an aromatic ring is 1. The summed E-state index contributed by atoms with van der Waals surface area (Å²) < 4.78 is 61.9. The van der Waals surface area contributed by atoms with Gasteiger partial charge in [-0.15, -0.1) is 0 Å². The van der Waals surface area contributed by atoms with Crippen LogP contribution >= 0.6 is 35.2 Å². The van der Waals surface area contributed by atoms with Gasteiger partial charge in [-0.1, -0.05) is 33.0 Å². The molecule has 0 saturated carbocycles. The third-order valence-electron chi connectivity index (χ3n) is 7.31. The molecule has 0 spiro atoms. The van der Waals surface area contributed by atoms with Crippen LogP contribution in [-0.4, -0.2) is 134 Å². The maximum Gasteiger partial charge on any atom is 0.481 e. The van der Waals surface area contributed by atoms with Gasteiger partial charge in [-0.3, -0.25) is 37.3 Å². The smallest absolute Gasteiger partial charge is 0.481 e. The minimum atomic E-state index is -5.59. The Balaban J connectivity index is 0.0000108. The van der Waals surface area contributed by atoms with Crippen molar-refractivity contribution >= 4 is 75.1 Å². The van der Waals surface area contributed by atoms with Crippen LogP contribution in [-0.2, 0) is 55.5 Å². The number of thioether (sulfide) groups is 1. The lowest BCUT2D eigenvalue weighted by Crippen LogP contribution is -2.46. The van der Waals surface area contributed by atoms with Gasteiger partial charge < -0.3 is 56.0 Å². The lowest BCUT2D eigenvalue weighted by atomic mass is 9.87. The first-order chi connectivity index (χ1) is 25.4. The first-order valence-electron chi connectivity index (χ1n) is 15.7. The highest BCUT2D eigenvalue weighted by Crippen LogP contribution is 2.61. The molecular formula is C26H44N7O19P3S. The van der Waals surface area contributed by atoms with Crippen LogP contribution in [0.25, 0.3) is 11.2 Å². The minimum Gasteiger partial charge on any atom is -0.481 e. The summed E-state index contributed by atoms with van der Waals surface area (Å²) in [6.07, 6.45) is -7.55. The third-order valence-corrected chi connectivity index (χ3v) is 11.3. The normalized spacial score (nSPS) is 21.4. The number of hydrogen-bond donors (Lipinski definition) is 10. The molecule has 318 valence electrons. The molecule has 1 aliphatic rings. The van der Waals surface area contributed by atoms with Crippen LogP contribution in [0.5, 0.6) is 0 Å². The Morgan fingerprint density at radius 3 is 2.32 bits per heavy atom. The maximum absolute atomic E-state index is 12.6. The molecule has 0 bridgehead atoms. The van der Waals surface area contributed by atoms with E-state index in [4.69, 9.17) is 24.6 Å². The maximum atomic E-state index is 12.6. The number of nitrogens with two attached hydrogens (primary N) is 1. The number of hydrogen-bond acceptors (Lipinski definition) is 19. The number of nitrogens with zero attached hydrogens (tertiary/aromatic N) is 4. The summed E-state index contributed by atoms with van der Waals surface area (Å²) in [5.41, 5.74) is 4.20. The summed E-state index contributed by atoms with van der Waals surface area (Å²) in [6, 6.07) is 0. The van der Waals surface area contributed by atoms with Crippen molar-refractivity contribution in [2.24, 2.45) is 5.41 Å². The van der Waals surface area contributed by atoms with Crippen molar-refractivity contribution in [3.8, 4) is 0 Å². The number of imidazole rings is 1. The van der Waals surface area contributed by atoms with Gasteiger partial charge in [0.1, 0.15) is 36.3 Å². The van der Waals surface area contributed by atoms with Crippen molar-refractivity contribution < 1.29 is 90.4 Å². The number of phosphoric acid groups is 3. The molecule has 7 atom stereocenters. The van der Waals surface area contributed by atoms with Gasteiger partial charge in [0.15, 0.2) is 22.8 Å². The van der Waals surface area contributed by atoms with Crippen LogP contribution in [0, 0.1) is 5.41 Å². The molecule has 2 aromatic rings. The zero-order valence-electron chi connectivity index (χ0n) is 28.8. The Labute approximate surface area is 322 Å². The number of carbonyl (C=O) groups is 4. The monoisotopic (exact) mass is 883 g/mol. The fourth-order valence-corrected chi connectivity index (χ4v) is 8.08. The van der Waals surface area contributed by atoms with E-state index in [1.807, 2.05) is 0 Å². The number of nitrogens with one attached hydrogen (secondary N) is 2. The second kappa shape index (κ2) is 20.6. The van der Waals surface area contributed by atoms with Crippen molar-refractivity contribution in [1.82, 2.24) is 30.2 Å². The number of fused-ring (bicyclic) bond motifs is 1. The second-order valence-corrected chi connectivity index (χ2v) is 17.6. The fraction of sp³-hybridized carbons (Fsp3) is 0.654. The first-order valence-corrected chi connectivity index (χ1v) is 21.2. The molecule has 30 heteroatoms. The molecule has 1 fully saturated rings. The summed E-state index contributed by atoms with van der Waals surface area (Å²) >= 11 is 0.849. The van der Waals surface area contributed by atoms with E-state index in [0.29, 0.717) is 0 Å². The summed E-state index contributed by atoms with van der Waals surface area (Å²) in [4.78, 5) is 97.3. The van der Waals surface area contributed by atoms with Crippen molar-refractivity contribution in [2.75, 3.05) is 37.8 Å². The van der Waals surface area contributed by atoms with Gasteiger partial charge in [0.25, 0.3) is 0 Å². The third kappa shape index (κ3) is 15.1. The molecule has 1 saturated heterocycles. The summed E-state index contributed by atoms with van der Waals surface area (Å²) in [7, 11) is -16.4. The van der Waals surface area contributed by atoms with Gasteiger partial charge in [-0.25, -0.2) is 28.6 Å². The lowest BCUT2D eigenvalue weighted by molar-refractivity contribution is -0.138. The Bertz CT molecular complexity index is 1850. The van der Waals surface area contributed by atoms with Crippen molar-refractivity contribution in [3.05, 3.63) is 12.7 Å². The number of phosphoric ester groups is 3. The SMILES string of the molecule is C.CC(C)(COP(=O)(O)OP(=O)(O)OC[C@H]1O[C@@H](n2cnc3c(N)ncnc32)[C@H](O)[C@@H]1OP(=O)(O)O)[C@@H](O)C(=O)NCCC(=O)NCCSC(=O)CCC(=O)O. The minimum absolute atomic E-state index is 0. The number of carbonyl (C=O) groups excluding carboxylic acids is 3. The van der Waals surface area contributed by atoms with Gasteiger partial charge >= 0.3 is 29.4 Å². The molecule has 0 aliphatic carbocycles. The molecule has 2 amide bonds. The Morgan fingerprint density at radius 2 is 1.68 bits per heavy atom. The Morgan fingerprint density at radius 1 is 1.02 bits per heavy atom. The topological polar surface area (TPSA) is 401 Å². The van der Waals surface area contributed by atoms with E-state index >= 15 is 0 Å². The van der Waals surface area contributed by atoms with E-state index in [-0.39, 0.29) is 67.6 Å². The average molecular weight is 884 g/mol. The van der Waals surface area contributed by atoms with Crippen LogP contribution < -0.4 is 16.4 Å².